The predicted molar refractivity (Wildman–Crippen MR) is 57.8 cm³/mol. The van der Waals surface area contributed by atoms with Crippen LogP contribution in [0.15, 0.2) is 30.3 Å². The maximum absolute atomic E-state index is 8.61. The summed E-state index contributed by atoms with van der Waals surface area (Å²) in [5.41, 5.74) is 1.05. The molecule has 0 aromatic heterocycles. The van der Waals surface area contributed by atoms with Gasteiger partial charge in [0.2, 0.25) is 0 Å². The monoisotopic (exact) mass is 206 g/mol. The largest absolute Gasteiger partial charge is 0.491 e. The molecule has 1 aliphatic heterocycles. The minimum absolute atomic E-state index is 0.0667. The number of rotatable bonds is 5. The normalized spacial score (nSPS) is 19.4. The molecule has 1 N–H and O–H groups in total. The van der Waals surface area contributed by atoms with Gasteiger partial charge in [-0.1, -0.05) is 24.3 Å². The van der Waals surface area contributed by atoms with Crippen molar-refractivity contribution in [3.8, 4) is 5.75 Å². The fourth-order valence-corrected chi connectivity index (χ4v) is 1.22. The molecule has 0 bridgehead atoms. The minimum Gasteiger partial charge on any atom is -0.491 e. The van der Waals surface area contributed by atoms with Crippen LogP contribution < -0.4 is 4.74 Å². The Morgan fingerprint density at radius 3 is 2.73 bits per heavy atom. The van der Waals surface area contributed by atoms with E-state index in [2.05, 4.69) is 0 Å². The van der Waals surface area contributed by atoms with Crippen LogP contribution in [-0.4, -0.2) is 31.0 Å². The molecule has 0 radical (unpaired) electrons. The van der Waals surface area contributed by atoms with Gasteiger partial charge in [0, 0.05) is 0 Å². The highest BCUT2D eigenvalue weighted by atomic mass is 16.6. The van der Waals surface area contributed by atoms with Gasteiger partial charge < -0.3 is 14.6 Å². The molecule has 80 valence electrons. The molecular weight excluding hydrogens is 192 g/mol. The number of hydrogen-bond acceptors (Lipinski definition) is 3. The number of ether oxygens (including phenoxy) is 2. The van der Waals surface area contributed by atoms with Crippen molar-refractivity contribution in [2.24, 2.45) is 0 Å². The van der Waals surface area contributed by atoms with E-state index in [0.717, 1.165) is 17.9 Å². The number of hydrogen-bond donors (Lipinski definition) is 1. The summed E-state index contributed by atoms with van der Waals surface area (Å²) in [5, 5.41) is 8.61. The second kappa shape index (κ2) is 4.96. The van der Waals surface area contributed by atoms with Gasteiger partial charge >= 0.3 is 0 Å². The Hall–Kier alpha value is -1.32. The quantitative estimate of drug-likeness (QED) is 0.742. The molecule has 1 aliphatic rings. The molecule has 1 fully saturated rings. The van der Waals surface area contributed by atoms with E-state index in [1.54, 1.807) is 6.08 Å². The first-order chi connectivity index (χ1) is 7.38. The fraction of sp³-hybridized carbons (Fsp3) is 0.333. The van der Waals surface area contributed by atoms with Crippen LogP contribution in [-0.2, 0) is 4.74 Å². The van der Waals surface area contributed by atoms with Gasteiger partial charge in [0.15, 0.2) is 0 Å². The van der Waals surface area contributed by atoms with E-state index in [1.165, 1.54) is 0 Å². The molecule has 1 aromatic rings. The van der Waals surface area contributed by atoms with E-state index in [0.29, 0.717) is 12.7 Å². The first-order valence-corrected chi connectivity index (χ1v) is 5.00. The zero-order valence-electron chi connectivity index (χ0n) is 8.43. The van der Waals surface area contributed by atoms with E-state index in [4.69, 9.17) is 14.6 Å². The Labute approximate surface area is 88.9 Å². The number of benzene rings is 1. The van der Waals surface area contributed by atoms with E-state index in [1.807, 2.05) is 30.3 Å². The van der Waals surface area contributed by atoms with Gasteiger partial charge in [-0.05, 0) is 17.7 Å². The van der Waals surface area contributed by atoms with Crippen LogP contribution in [0.1, 0.15) is 5.56 Å². The lowest BCUT2D eigenvalue weighted by molar-refractivity contribution is 0.263. The zero-order chi connectivity index (χ0) is 10.5. The third kappa shape index (κ3) is 3.38. The van der Waals surface area contributed by atoms with Crippen molar-refractivity contribution in [2.45, 2.75) is 6.10 Å². The topological polar surface area (TPSA) is 42.0 Å². The van der Waals surface area contributed by atoms with Crippen LogP contribution in [0.4, 0.5) is 0 Å². The lowest BCUT2D eigenvalue weighted by atomic mass is 10.2. The summed E-state index contributed by atoms with van der Waals surface area (Å²) in [4.78, 5) is 0. The van der Waals surface area contributed by atoms with Gasteiger partial charge in [-0.3, -0.25) is 0 Å². The van der Waals surface area contributed by atoms with Crippen molar-refractivity contribution in [3.63, 3.8) is 0 Å². The maximum Gasteiger partial charge on any atom is 0.119 e. The molecule has 3 heteroatoms. The average Bonchev–Trinajstić information content (AvgIpc) is 3.09. The standard InChI is InChI=1S/C12H14O3/c13-7-1-2-10-3-5-11(6-4-10)14-8-12-9-15-12/h1-6,12-13H,7-9H2/b2-1+. The minimum atomic E-state index is 0.0667. The maximum atomic E-state index is 8.61. The number of epoxide rings is 1. The molecule has 1 aromatic carbocycles. The molecule has 15 heavy (non-hydrogen) atoms. The molecule has 2 rings (SSSR count). The number of aliphatic hydroxyl groups excluding tert-OH is 1. The molecule has 3 nitrogen and oxygen atoms in total. The lowest BCUT2D eigenvalue weighted by Gasteiger charge is -2.03. The average molecular weight is 206 g/mol. The van der Waals surface area contributed by atoms with Gasteiger partial charge in [-0.25, -0.2) is 0 Å². The third-order valence-corrected chi connectivity index (χ3v) is 2.13. The highest BCUT2D eigenvalue weighted by molar-refractivity contribution is 5.50. The van der Waals surface area contributed by atoms with Crippen LogP contribution in [0.3, 0.4) is 0 Å². The van der Waals surface area contributed by atoms with Gasteiger partial charge in [-0.15, -0.1) is 0 Å². The van der Waals surface area contributed by atoms with E-state index in [-0.39, 0.29) is 6.61 Å². The lowest BCUT2D eigenvalue weighted by Crippen LogP contribution is -2.03. The van der Waals surface area contributed by atoms with Gasteiger partial charge in [-0.2, -0.15) is 0 Å². The van der Waals surface area contributed by atoms with Crippen molar-refractivity contribution < 1.29 is 14.6 Å². The highest BCUT2D eigenvalue weighted by Crippen LogP contribution is 2.16. The molecule has 1 atom stereocenters. The van der Waals surface area contributed by atoms with Gasteiger partial charge in [0.25, 0.3) is 0 Å². The van der Waals surface area contributed by atoms with Crippen LogP contribution in [0.2, 0.25) is 0 Å². The highest BCUT2D eigenvalue weighted by Gasteiger charge is 2.22. The smallest absolute Gasteiger partial charge is 0.119 e. The second-order valence-corrected chi connectivity index (χ2v) is 3.42. The summed E-state index contributed by atoms with van der Waals surface area (Å²) in [6, 6.07) is 7.74. The molecule has 1 unspecified atom stereocenters. The van der Waals surface area contributed by atoms with E-state index < -0.39 is 0 Å². The predicted octanol–water partition coefficient (Wildman–Crippen LogP) is 1.47. The number of aliphatic hydroxyl groups is 1. The summed E-state index contributed by atoms with van der Waals surface area (Å²) < 4.78 is 10.5. The fourth-order valence-electron chi connectivity index (χ4n) is 1.22. The Morgan fingerprint density at radius 2 is 2.13 bits per heavy atom. The molecule has 0 spiro atoms. The molecule has 1 saturated heterocycles. The van der Waals surface area contributed by atoms with Gasteiger partial charge in [0.1, 0.15) is 18.5 Å². The molecular formula is C12H14O3. The van der Waals surface area contributed by atoms with Crippen LogP contribution in [0.5, 0.6) is 5.75 Å². The summed E-state index contributed by atoms with van der Waals surface area (Å²) >= 11 is 0. The van der Waals surface area contributed by atoms with Crippen LogP contribution in [0.25, 0.3) is 6.08 Å². The molecule has 0 saturated carbocycles. The second-order valence-electron chi connectivity index (χ2n) is 3.42. The summed E-state index contributed by atoms with van der Waals surface area (Å²) in [5.74, 6) is 0.853. The summed E-state index contributed by atoms with van der Waals surface area (Å²) in [6.07, 6.45) is 3.86. The van der Waals surface area contributed by atoms with Crippen molar-refractivity contribution in [3.05, 3.63) is 35.9 Å². The van der Waals surface area contributed by atoms with Crippen LogP contribution in [0, 0.1) is 0 Å². The van der Waals surface area contributed by atoms with Crippen molar-refractivity contribution in [1.29, 1.82) is 0 Å². The van der Waals surface area contributed by atoms with Gasteiger partial charge in [0.05, 0.1) is 13.2 Å². The van der Waals surface area contributed by atoms with Crippen molar-refractivity contribution in [2.75, 3.05) is 19.8 Å². The Balaban J connectivity index is 1.87. The van der Waals surface area contributed by atoms with Crippen molar-refractivity contribution in [1.82, 2.24) is 0 Å². The first-order valence-electron chi connectivity index (χ1n) is 5.00. The SMILES string of the molecule is OC/C=C/c1ccc(OCC2CO2)cc1. The third-order valence-electron chi connectivity index (χ3n) is 2.13. The Bertz CT molecular complexity index is 325. The van der Waals surface area contributed by atoms with E-state index >= 15 is 0 Å². The Morgan fingerprint density at radius 1 is 1.40 bits per heavy atom. The zero-order valence-corrected chi connectivity index (χ0v) is 8.43. The van der Waals surface area contributed by atoms with E-state index in [9.17, 15) is 0 Å². The molecule has 0 amide bonds. The Kier molecular flexibility index (Phi) is 3.37. The van der Waals surface area contributed by atoms with Crippen molar-refractivity contribution >= 4 is 6.08 Å². The molecule has 1 heterocycles. The summed E-state index contributed by atoms with van der Waals surface area (Å²) in [6.45, 7) is 1.51. The van der Waals surface area contributed by atoms with Crippen LogP contribution >= 0.6 is 0 Å². The summed E-state index contributed by atoms with van der Waals surface area (Å²) in [7, 11) is 0. The first kappa shape index (κ1) is 10.2. The molecule has 0 aliphatic carbocycles.